The van der Waals surface area contributed by atoms with Crippen LogP contribution in [0.3, 0.4) is 0 Å². The van der Waals surface area contributed by atoms with E-state index >= 15 is 0 Å². The molecule has 0 radical (unpaired) electrons. The Morgan fingerprint density at radius 1 is 1.00 bits per heavy atom. The summed E-state index contributed by atoms with van der Waals surface area (Å²) in [5.74, 6) is 0.940. The van der Waals surface area contributed by atoms with E-state index in [-0.39, 0.29) is 24.6 Å². The maximum Gasteiger partial charge on any atom is 0.184 e. The topological polar surface area (TPSA) is 36.9 Å². The second kappa shape index (κ2) is 8.04. The lowest BCUT2D eigenvalue weighted by Crippen LogP contribution is -2.51. The summed E-state index contributed by atoms with van der Waals surface area (Å²) in [6, 6.07) is 20.2. The van der Waals surface area contributed by atoms with Crippen LogP contribution in [0.5, 0.6) is 0 Å². The molecule has 2 aliphatic rings. The molecule has 4 heteroatoms. The molecule has 4 nitrogen and oxygen atoms in total. The zero-order valence-corrected chi connectivity index (χ0v) is 14.9. The molecule has 0 aliphatic carbocycles. The summed E-state index contributed by atoms with van der Waals surface area (Å²) in [6.45, 7) is 3.12. The van der Waals surface area contributed by atoms with Gasteiger partial charge >= 0.3 is 0 Å². The van der Waals surface area contributed by atoms with Gasteiger partial charge in [0.05, 0.1) is 19.0 Å². The largest absolute Gasteiger partial charge is 0.490 e. The molecule has 1 fully saturated rings. The van der Waals surface area contributed by atoms with Crippen molar-refractivity contribution in [2.24, 2.45) is 0 Å². The van der Waals surface area contributed by atoms with Gasteiger partial charge < -0.3 is 18.9 Å². The minimum absolute atomic E-state index is 0.143. The first-order valence-electron chi connectivity index (χ1n) is 9.18. The fourth-order valence-corrected chi connectivity index (χ4v) is 3.34. The van der Waals surface area contributed by atoms with E-state index in [1.54, 1.807) is 0 Å². The zero-order valence-electron chi connectivity index (χ0n) is 14.9. The van der Waals surface area contributed by atoms with Gasteiger partial charge in [-0.1, -0.05) is 67.6 Å². The van der Waals surface area contributed by atoms with Gasteiger partial charge in [0.15, 0.2) is 12.4 Å². The predicted molar refractivity (Wildman–Crippen MR) is 98.3 cm³/mol. The van der Waals surface area contributed by atoms with Crippen molar-refractivity contribution in [3.8, 4) is 0 Å². The lowest BCUT2D eigenvalue weighted by Gasteiger charge is -2.42. The number of allylic oxidation sites excluding steroid dienone is 1. The van der Waals surface area contributed by atoms with Crippen LogP contribution < -0.4 is 0 Å². The predicted octanol–water partition coefficient (Wildman–Crippen LogP) is 4.38. The Bertz CT molecular complexity index is 728. The normalized spacial score (nSPS) is 28.0. The van der Waals surface area contributed by atoms with Crippen molar-refractivity contribution < 1.29 is 18.9 Å². The Hall–Kier alpha value is -2.14. The molecule has 0 amide bonds. The van der Waals surface area contributed by atoms with Crippen molar-refractivity contribution >= 4 is 0 Å². The molecule has 0 spiro atoms. The SMILES string of the molecule is CCC1=C[C@@H](OCc2ccccc2)[C@@H]2OC(c3ccccc3)OC[C@H]2O1. The first-order chi connectivity index (χ1) is 12.8. The van der Waals surface area contributed by atoms with E-state index in [4.69, 9.17) is 18.9 Å². The van der Waals surface area contributed by atoms with Crippen molar-refractivity contribution in [1.29, 1.82) is 0 Å². The molecule has 1 saturated heterocycles. The highest BCUT2D eigenvalue weighted by atomic mass is 16.7. The molecule has 136 valence electrons. The van der Waals surface area contributed by atoms with Gasteiger partial charge in [-0.2, -0.15) is 0 Å². The molecule has 2 aromatic carbocycles. The molecule has 0 bridgehead atoms. The van der Waals surface area contributed by atoms with E-state index in [2.05, 4.69) is 25.1 Å². The number of rotatable bonds is 5. The monoisotopic (exact) mass is 352 g/mol. The molecule has 1 unspecified atom stereocenters. The molecular weight excluding hydrogens is 328 g/mol. The maximum atomic E-state index is 6.25. The Morgan fingerprint density at radius 3 is 2.46 bits per heavy atom. The molecule has 2 aliphatic heterocycles. The molecule has 4 atom stereocenters. The van der Waals surface area contributed by atoms with E-state index in [9.17, 15) is 0 Å². The Morgan fingerprint density at radius 2 is 1.73 bits per heavy atom. The summed E-state index contributed by atoms with van der Waals surface area (Å²) in [6.07, 6.45) is 2.01. The standard InChI is InChI=1S/C22H24O4/c1-2-18-13-19(23-14-16-9-5-3-6-10-16)21-20(25-18)15-24-22(26-21)17-11-7-4-8-12-17/h3-13,19-22H,2,14-15H2,1H3/t19-,20-,21+,22?/m1/s1. The molecule has 26 heavy (non-hydrogen) atoms. The van der Waals surface area contributed by atoms with E-state index < -0.39 is 0 Å². The molecule has 2 aromatic rings. The number of benzene rings is 2. The second-order valence-electron chi connectivity index (χ2n) is 6.58. The highest BCUT2D eigenvalue weighted by molar-refractivity contribution is 5.18. The zero-order chi connectivity index (χ0) is 17.8. The minimum Gasteiger partial charge on any atom is -0.490 e. The van der Waals surface area contributed by atoms with Crippen LogP contribution in [0.2, 0.25) is 0 Å². The molecule has 2 heterocycles. The van der Waals surface area contributed by atoms with Gasteiger partial charge in [-0.05, 0) is 11.6 Å². The lowest BCUT2D eigenvalue weighted by atomic mass is 10.0. The third kappa shape index (κ3) is 3.83. The smallest absolute Gasteiger partial charge is 0.184 e. The van der Waals surface area contributed by atoms with Crippen LogP contribution in [0.25, 0.3) is 0 Å². The minimum atomic E-state index is -0.388. The highest BCUT2D eigenvalue weighted by Crippen LogP contribution is 2.34. The maximum absolute atomic E-state index is 6.25. The van der Waals surface area contributed by atoms with Crippen molar-refractivity contribution in [2.45, 2.75) is 44.6 Å². The number of ether oxygens (including phenoxy) is 4. The summed E-state index contributed by atoms with van der Waals surface area (Å²) < 4.78 is 24.4. The summed E-state index contributed by atoms with van der Waals surface area (Å²) in [4.78, 5) is 0. The summed E-state index contributed by atoms with van der Waals surface area (Å²) in [5.41, 5.74) is 2.16. The van der Waals surface area contributed by atoms with Crippen molar-refractivity contribution in [3.05, 3.63) is 83.6 Å². The first kappa shape index (κ1) is 17.3. The Labute approximate surface area is 154 Å². The van der Waals surface area contributed by atoms with Crippen LogP contribution in [0, 0.1) is 0 Å². The lowest BCUT2D eigenvalue weighted by molar-refractivity contribution is -0.284. The van der Waals surface area contributed by atoms with Crippen LogP contribution in [0.15, 0.2) is 72.5 Å². The molecule has 0 saturated carbocycles. The molecular formula is C22H24O4. The van der Waals surface area contributed by atoms with Crippen molar-refractivity contribution in [1.82, 2.24) is 0 Å². The third-order valence-corrected chi connectivity index (χ3v) is 4.74. The van der Waals surface area contributed by atoms with Crippen LogP contribution in [0.1, 0.15) is 30.8 Å². The number of fused-ring (bicyclic) bond motifs is 1. The van der Waals surface area contributed by atoms with E-state index in [0.29, 0.717) is 13.2 Å². The Kier molecular flexibility index (Phi) is 5.34. The summed E-state index contributed by atoms with van der Waals surface area (Å²) >= 11 is 0. The summed E-state index contributed by atoms with van der Waals surface area (Å²) in [5, 5.41) is 0. The second-order valence-corrected chi connectivity index (χ2v) is 6.58. The van der Waals surface area contributed by atoms with E-state index in [0.717, 1.165) is 23.3 Å². The average molecular weight is 352 g/mol. The third-order valence-electron chi connectivity index (χ3n) is 4.74. The fraction of sp³-hybridized carbons (Fsp3) is 0.364. The van der Waals surface area contributed by atoms with Crippen LogP contribution in [-0.2, 0) is 25.6 Å². The van der Waals surface area contributed by atoms with Crippen LogP contribution in [-0.4, -0.2) is 24.9 Å². The van der Waals surface area contributed by atoms with Gasteiger partial charge in [0.1, 0.15) is 12.2 Å². The van der Waals surface area contributed by atoms with Gasteiger partial charge in [0.2, 0.25) is 0 Å². The van der Waals surface area contributed by atoms with E-state index in [1.807, 2.05) is 48.5 Å². The molecule has 4 rings (SSSR count). The van der Waals surface area contributed by atoms with Gasteiger partial charge in [-0.15, -0.1) is 0 Å². The van der Waals surface area contributed by atoms with E-state index in [1.165, 1.54) is 0 Å². The summed E-state index contributed by atoms with van der Waals surface area (Å²) in [7, 11) is 0. The number of hydrogen-bond acceptors (Lipinski definition) is 4. The highest BCUT2D eigenvalue weighted by Gasteiger charge is 2.42. The van der Waals surface area contributed by atoms with Crippen molar-refractivity contribution in [3.63, 3.8) is 0 Å². The molecule has 0 N–H and O–H groups in total. The van der Waals surface area contributed by atoms with Gasteiger partial charge in [-0.3, -0.25) is 0 Å². The Balaban J connectivity index is 1.50. The fourth-order valence-electron chi connectivity index (χ4n) is 3.34. The first-order valence-corrected chi connectivity index (χ1v) is 9.18. The van der Waals surface area contributed by atoms with Crippen LogP contribution in [0.4, 0.5) is 0 Å². The molecule has 0 aromatic heterocycles. The number of hydrogen-bond donors (Lipinski definition) is 0. The quantitative estimate of drug-likeness (QED) is 0.800. The van der Waals surface area contributed by atoms with Gasteiger partial charge in [-0.25, -0.2) is 0 Å². The van der Waals surface area contributed by atoms with Crippen LogP contribution >= 0.6 is 0 Å². The van der Waals surface area contributed by atoms with Gasteiger partial charge in [0.25, 0.3) is 0 Å². The van der Waals surface area contributed by atoms with Crippen molar-refractivity contribution in [2.75, 3.05) is 6.61 Å². The van der Waals surface area contributed by atoms with Gasteiger partial charge in [0, 0.05) is 12.0 Å². The average Bonchev–Trinajstić information content (AvgIpc) is 2.72.